The molecule has 1 heterocycles. The number of hydrogen-bond acceptors (Lipinski definition) is 3. The summed E-state index contributed by atoms with van der Waals surface area (Å²) in [6.45, 7) is 6.16. The molecule has 0 spiro atoms. The Balaban J connectivity index is 2.18. The van der Waals surface area contributed by atoms with E-state index in [0.29, 0.717) is 13.2 Å². The Hall–Kier alpha value is -0.610. The molecule has 0 aromatic rings. The zero-order valence-corrected chi connectivity index (χ0v) is 9.01. The Morgan fingerprint density at radius 1 is 1.71 bits per heavy atom. The maximum atomic E-state index is 11.6. The summed E-state index contributed by atoms with van der Waals surface area (Å²) in [5.74, 6) is 0.106. The first-order valence-corrected chi connectivity index (χ1v) is 5.35. The minimum Gasteiger partial charge on any atom is -0.380 e. The van der Waals surface area contributed by atoms with E-state index in [4.69, 9.17) is 4.74 Å². The zero-order valence-electron chi connectivity index (χ0n) is 9.01. The Morgan fingerprint density at radius 2 is 2.50 bits per heavy atom. The van der Waals surface area contributed by atoms with Crippen LogP contribution in [0.5, 0.6) is 0 Å². The molecule has 1 fully saturated rings. The van der Waals surface area contributed by atoms with Crippen LogP contribution in [0, 0.1) is 0 Å². The summed E-state index contributed by atoms with van der Waals surface area (Å²) in [5.41, 5.74) is 0. The lowest BCUT2D eigenvalue weighted by Crippen LogP contribution is -2.45. The highest BCUT2D eigenvalue weighted by Gasteiger charge is 2.22. The van der Waals surface area contributed by atoms with Crippen molar-refractivity contribution in [3.05, 3.63) is 0 Å². The van der Waals surface area contributed by atoms with Gasteiger partial charge in [0.25, 0.3) is 0 Å². The van der Waals surface area contributed by atoms with Gasteiger partial charge in [-0.15, -0.1) is 0 Å². The van der Waals surface area contributed by atoms with Crippen molar-refractivity contribution in [2.45, 2.75) is 38.8 Å². The van der Waals surface area contributed by atoms with Gasteiger partial charge < -0.3 is 15.4 Å². The van der Waals surface area contributed by atoms with Crippen LogP contribution in [0.1, 0.15) is 26.7 Å². The monoisotopic (exact) mass is 200 g/mol. The molecule has 1 aliphatic rings. The van der Waals surface area contributed by atoms with Crippen molar-refractivity contribution in [2.75, 3.05) is 19.8 Å². The van der Waals surface area contributed by atoms with Crippen LogP contribution in [0.4, 0.5) is 0 Å². The molecule has 1 unspecified atom stereocenters. The summed E-state index contributed by atoms with van der Waals surface area (Å²) in [5, 5.41) is 6.10. The smallest absolute Gasteiger partial charge is 0.237 e. The Labute approximate surface area is 85.4 Å². The first-order chi connectivity index (χ1) is 6.74. The third kappa shape index (κ3) is 3.64. The lowest BCUT2D eigenvalue weighted by atomic mass is 10.2. The average molecular weight is 200 g/mol. The van der Waals surface area contributed by atoms with Gasteiger partial charge in [-0.2, -0.15) is 0 Å². The average Bonchev–Trinajstić information content (AvgIpc) is 2.67. The Morgan fingerprint density at radius 3 is 3.07 bits per heavy atom. The van der Waals surface area contributed by atoms with Crippen LogP contribution < -0.4 is 10.6 Å². The van der Waals surface area contributed by atoms with Crippen molar-refractivity contribution < 1.29 is 9.53 Å². The Bertz CT molecular complexity index is 179. The quantitative estimate of drug-likeness (QED) is 0.670. The molecule has 1 aliphatic heterocycles. The fraction of sp³-hybridized carbons (Fsp3) is 0.900. The molecular weight excluding hydrogens is 180 g/mol. The number of rotatable bonds is 5. The van der Waals surface area contributed by atoms with Crippen LogP contribution in [-0.4, -0.2) is 37.7 Å². The molecule has 14 heavy (non-hydrogen) atoms. The van der Waals surface area contributed by atoms with E-state index in [2.05, 4.69) is 10.6 Å². The highest BCUT2D eigenvalue weighted by atomic mass is 16.5. The lowest BCUT2D eigenvalue weighted by molar-refractivity contribution is -0.123. The summed E-state index contributed by atoms with van der Waals surface area (Å²) in [7, 11) is 0. The summed E-state index contributed by atoms with van der Waals surface area (Å²) in [6.07, 6.45) is 2.05. The SMILES string of the molecule is CCOCC(C)NC(=O)[C@@H]1CCCN1. The molecule has 0 aromatic carbocycles. The van der Waals surface area contributed by atoms with Crippen LogP contribution in [0.3, 0.4) is 0 Å². The lowest BCUT2D eigenvalue weighted by Gasteiger charge is -2.16. The zero-order chi connectivity index (χ0) is 10.4. The maximum absolute atomic E-state index is 11.6. The summed E-state index contributed by atoms with van der Waals surface area (Å²) >= 11 is 0. The fourth-order valence-electron chi connectivity index (χ4n) is 1.59. The predicted octanol–water partition coefficient (Wildman–Crippen LogP) is 0.280. The van der Waals surface area contributed by atoms with Crippen molar-refractivity contribution in [1.82, 2.24) is 10.6 Å². The van der Waals surface area contributed by atoms with E-state index < -0.39 is 0 Å². The van der Waals surface area contributed by atoms with Crippen LogP contribution in [0.15, 0.2) is 0 Å². The van der Waals surface area contributed by atoms with Crippen molar-refractivity contribution in [3.63, 3.8) is 0 Å². The van der Waals surface area contributed by atoms with E-state index in [9.17, 15) is 4.79 Å². The van der Waals surface area contributed by atoms with Gasteiger partial charge in [-0.3, -0.25) is 4.79 Å². The molecule has 82 valence electrons. The number of hydrogen-bond donors (Lipinski definition) is 2. The minimum atomic E-state index is 0.0130. The van der Waals surface area contributed by atoms with Crippen LogP contribution in [-0.2, 0) is 9.53 Å². The molecule has 0 saturated carbocycles. The maximum Gasteiger partial charge on any atom is 0.237 e. The van der Waals surface area contributed by atoms with Crippen LogP contribution in [0.2, 0.25) is 0 Å². The van der Waals surface area contributed by atoms with E-state index in [1.165, 1.54) is 0 Å². The van der Waals surface area contributed by atoms with Crippen LogP contribution in [0.25, 0.3) is 0 Å². The van der Waals surface area contributed by atoms with E-state index in [1.54, 1.807) is 0 Å². The van der Waals surface area contributed by atoms with Gasteiger partial charge in [0.05, 0.1) is 12.6 Å². The van der Waals surface area contributed by atoms with E-state index in [1.807, 2.05) is 13.8 Å². The number of nitrogens with one attached hydrogen (secondary N) is 2. The molecule has 1 amide bonds. The van der Waals surface area contributed by atoms with E-state index in [0.717, 1.165) is 19.4 Å². The summed E-state index contributed by atoms with van der Waals surface area (Å²) in [6, 6.07) is 0.115. The van der Waals surface area contributed by atoms with E-state index in [-0.39, 0.29) is 18.0 Å². The predicted molar refractivity (Wildman–Crippen MR) is 55.1 cm³/mol. The highest BCUT2D eigenvalue weighted by molar-refractivity contribution is 5.82. The van der Waals surface area contributed by atoms with Gasteiger partial charge in [0.1, 0.15) is 0 Å². The molecule has 1 saturated heterocycles. The topological polar surface area (TPSA) is 50.4 Å². The van der Waals surface area contributed by atoms with Crippen molar-refractivity contribution in [1.29, 1.82) is 0 Å². The molecule has 0 radical (unpaired) electrons. The summed E-state index contributed by atoms with van der Waals surface area (Å²) < 4.78 is 5.22. The molecular formula is C10H20N2O2. The normalized spacial score (nSPS) is 23.4. The second-order valence-electron chi connectivity index (χ2n) is 3.72. The van der Waals surface area contributed by atoms with Gasteiger partial charge in [0.15, 0.2) is 0 Å². The van der Waals surface area contributed by atoms with Gasteiger partial charge in [-0.25, -0.2) is 0 Å². The first-order valence-electron chi connectivity index (χ1n) is 5.35. The molecule has 4 nitrogen and oxygen atoms in total. The van der Waals surface area contributed by atoms with Crippen LogP contribution >= 0.6 is 0 Å². The molecule has 1 rings (SSSR count). The molecule has 2 N–H and O–H groups in total. The molecule has 0 bridgehead atoms. The fourth-order valence-corrected chi connectivity index (χ4v) is 1.59. The van der Waals surface area contributed by atoms with Crippen molar-refractivity contribution in [2.24, 2.45) is 0 Å². The van der Waals surface area contributed by atoms with Crippen molar-refractivity contribution >= 4 is 5.91 Å². The third-order valence-corrected chi connectivity index (χ3v) is 2.34. The summed E-state index contributed by atoms with van der Waals surface area (Å²) in [4.78, 5) is 11.6. The number of carbonyl (C=O) groups is 1. The second kappa shape index (κ2) is 5.98. The first kappa shape index (κ1) is 11.5. The van der Waals surface area contributed by atoms with Gasteiger partial charge in [-0.1, -0.05) is 0 Å². The molecule has 4 heteroatoms. The van der Waals surface area contributed by atoms with Gasteiger partial charge >= 0.3 is 0 Å². The number of ether oxygens (including phenoxy) is 1. The van der Waals surface area contributed by atoms with E-state index >= 15 is 0 Å². The molecule has 0 aromatic heterocycles. The second-order valence-corrected chi connectivity index (χ2v) is 3.72. The van der Waals surface area contributed by atoms with Gasteiger partial charge in [-0.05, 0) is 33.2 Å². The van der Waals surface area contributed by atoms with Gasteiger partial charge in [0.2, 0.25) is 5.91 Å². The standard InChI is InChI=1S/C10H20N2O2/c1-3-14-7-8(2)12-10(13)9-5-4-6-11-9/h8-9,11H,3-7H2,1-2H3,(H,12,13)/t8?,9-/m0/s1. The highest BCUT2D eigenvalue weighted by Crippen LogP contribution is 2.04. The minimum absolute atomic E-state index is 0.0130. The van der Waals surface area contributed by atoms with Crippen molar-refractivity contribution in [3.8, 4) is 0 Å². The largest absolute Gasteiger partial charge is 0.380 e. The third-order valence-electron chi connectivity index (χ3n) is 2.34. The van der Waals surface area contributed by atoms with Gasteiger partial charge in [0, 0.05) is 12.6 Å². The molecule has 0 aliphatic carbocycles. The Kier molecular flexibility index (Phi) is 4.90. The molecule has 2 atom stereocenters. The number of amides is 1. The number of carbonyl (C=O) groups excluding carboxylic acids is 1.